The normalized spacial score (nSPS) is 15.7. The fraction of sp³-hybridized carbons (Fsp3) is 0.448. The van der Waals surface area contributed by atoms with Gasteiger partial charge in [-0.1, -0.05) is 50.1 Å². The molecule has 2 heterocycles. The van der Waals surface area contributed by atoms with Crippen molar-refractivity contribution in [2.45, 2.75) is 73.4 Å². The number of allylic oxidation sites excluding steroid dienone is 5. The summed E-state index contributed by atoms with van der Waals surface area (Å²) in [6, 6.07) is 6.52. The number of anilines is 1. The molecule has 0 saturated heterocycles. The van der Waals surface area contributed by atoms with E-state index < -0.39 is 0 Å². The lowest BCUT2D eigenvalue weighted by atomic mass is 10.1. The number of aromatic nitrogens is 2. The maximum Gasteiger partial charge on any atom is 0.272 e. The van der Waals surface area contributed by atoms with Gasteiger partial charge in [0.05, 0.1) is 5.69 Å². The van der Waals surface area contributed by atoms with Crippen LogP contribution in [0.1, 0.15) is 75.6 Å². The van der Waals surface area contributed by atoms with Crippen molar-refractivity contribution in [2.75, 3.05) is 18.0 Å². The van der Waals surface area contributed by atoms with Crippen LogP contribution in [-0.2, 0) is 19.5 Å². The highest BCUT2D eigenvalue weighted by molar-refractivity contribution is 5.94. The number of hydrogen-bond donors (Lipinski definition) is 0. The number of nitrogens with zero attached hydrogens (tertiary/aromatic N) is 4. The van der Waals surface area contributed by atoms with E-state index in [9.17, 15) is 9.18 Å². The Morgan fingerprint density at radius 2 is 1.94 bits per heavy atom. The van der Waals surface area contributed by atoms with E-state index >= 15 is 0 Å². The van der Waals surface area contributed by atoms with Crippen LogP contribution in [0.3, 0.4) is 0 Å². The first-order chi connectivity index (χ1) is 16.8. The molecule has 0 radical (unpaired) electrons. The summed E-state index contributed by atoms with van der Waals surface area (Å²) in [5.41, 5.74) is 7.36. The van der Waals surface area contributed by atoms with Gasteiger partial charge in [-0.05, 0) is 68.9 Å². The summed E-state index contributed by atoms with van der Waals surface area (Å²) in [5, 5.41) is 0. The number of aryl methyl sites for hydroxylation is 1. The Morgan fingerprint density at radius 1 is 1.14 bits per heavy atom. The first-order valence-corrected chi connectivity index (χ1v) is 12.8. The fourth-order valence-corrected chi connectivity index (χ4v) is 5.24. The second-order valence-corrected chi connectivity index (χ2v) is 9.73. The van der Waals surface area contributed by atoms with E-state index in [0.29, 0.717) is 18.8 Å². The van der Waals surface area contributed by atoms with Crippen molar-refractivity contribution in [3.63, 3.8) is 0 Å². The fourth-order valence-electron chi connectivity index (χ4n) is 5.24. The van der Waals surface area contributed by atoms with Crippen LogP contribution in [0.2, 0.25) is 0 Å². The molecule has 186 valence electrons. The number of carbonyl (C=O) groups excluding carboxylic acids is 1. The molecule has 1 amide bonds. The van der Waals surface area contributed by atoms with Crippen molar-refractivity contribution in [1.29, 1.82) is 0 Å². The second kappa shape index (κ2) is 10.6. The van der Waals surface area contributed by atoms with Crippen LogP contribution in [0.4, 0.5) is 10.3 Å². The molecular weight excluding hydrogens is 439 g/mol. The molecule has 0 N–H and O–H groups in total. The van der Waals surface area contributed by atoms with E-state index in [1.54, 1.807) is 6.07 Å². The molecule has 1 aliphatic heterocycles. The summed E-state index contributed by atoms with van der Waals surface area (Å²) < 4.78 is 15.9. The van der Waals surface area contributed by atoms with Gasteiger partial charge in [0.15, 0.2) is 0 Å². The molecule has 5 nitrogen and oxygen atoms in total. The maximum atomic E-state index is 14.0. The molecule has 0 unspecified atom stereocenters. The van der Waals surface area contributed by atoms with E-state index in [0.717, 1.165) is 56.0 Å². The van der Waals surface area contributed by atoms with Gasteiger partial charge in [0.1, 0.15) is 11.5 Å². The molecule has 2 aromatic rings. The highest BCUT2D eigenvalue weighted by atomic mass is 19.1. The Labute approximate surface area is 208 Å². The number of hydrogen-bond acceptors (Lipinski definition) is 3. The van der Waals surface area contributed by atoms with Crippen molar-refractivity contribution in [2.24, 2.45) is 0 Å². The number of fused-ring (bicyclic) bond motifs is 1. The van der Waals surface area contributed by atoms with Gasteiger partial charge in [0.2, 0.25) is 5.95 Å². The third-order valence-electron chi connectivity index (χ3n) is 6.75. The van der Waals surface area contributed by atoms with Crippen LogP contribution in [0, 0.1) is 5.82 Å². The molecule has 0 saturated carbocycles. The number of halogens is 1. The van der Waals surface area contributed by atoms with E-state index in [-0.39, 0.29) is 11.7 Å². The summed E-state index contributed by atoms with van der Waals surface area (Å²) in [5.74, 6) is 0.558. The first kappa shape index (κ1) is 25.0. The quantitative estimate of drug-likeness (QED) is 0.442. The lowest BCUT2D eigenvalue weighted by Crippen LogP contribution is -2.33. The highest BCUT2D eigenvalue weighted by Crippen LogP contribution is 2.35. The molecule has 0 atom stereocenters. The molecule has 1 aromatic carbocycles. The zero-order valence-corrected chi connectivity index (χ0v) is 21.7. The smallest absolute Gasteiger partial charge is 0.272 e. The Balaban J connectivity index is 1.74. The minimum absolute atomic E-state index is 0.0188. The Hall–Kier alpha value is -3.15. The second-order valence-electron chi connectivity index (χ2n) is 9.73. The van der Waals surface area contributed by atoms with E-state index in [4.69, 9.17) is 4.98 Å². The van der Waals surface area contributed by atoms with Gasteiger partial charge in [0.25, 0.3) is 5.91 Å². The lowest BCUT2D eigenvalue weighted by Gasteiger charge is -2.23. The zero-order valence-electron chi connectivity index (χ0n) is 21.7. The van der Waals surface area contributed by atoms with E-state index in [1.807, 2.05) is 11.0 Å². The predicted molar refractivity (Wildman–Crippen MR) is 140 cm³/mol. The number of rotatable bonds is 8. The summed E-state index contributed by atoms with van der Waals surface area (Å²) in [6.07, 6.45) is 7.99. The summed E-state index contributed by atoms with van der Waals surface area (Å²) in [6.45, 7) is 13.2. The largest absolute Gasteiger partial charge is 0.333 e. The van der Waals surface area contributed by atoms with Crippen molar-refractivity contribution < 1.29 is 9.18 Å². The van der Waals surface area contributed by atoms with Gasteiger partial charge in [0, 0.05) is 31.9 Å². The Morgan fingerprint density at radius 3 is 2.66 bits per heavy atom. The van der Waals surface area contributed by atoms with Gasteiger partial charge in [-0.25, -0.2) is 9.37 Å². The van der Waals surface area contributed by atoms with Gasteiger partial charge < -0.3 is 14.4 Å². The van der Waals surface area contributed by atoms with E-state index in [2.05, 4.69) is 56.2 Å². The molecule has 0 fully saturated rings. The molecule has 1 aromatic heterocycles. The van der Waals surface area contributed by atoms with Gasteiger partial charge >= 0.3 is 0 Å². The molecular formula is C29H37FN4O. The predicted octanol–water partition coefficient (Wildman–Crippen LogP) is 6.42. The van der Waals surface area contributed by atoms with Gasteiger partial charge in [-0.3, -0.25) is 4.79 Å². The minimum Gasteiger partial charge on any atom is -0.333 e. The molecule has 1 aliphatic carbocycles. The third-order valence-corrected chi connectivity index (χ3v) is 6.75. The molecule has 0 bridgehead atoms. The summed E-state index contributed by atoms with van der Waals surface area (Å²) in [4.78, 5) is 23.1. The number of amides is 1. The third kappa shape index (κ3) is 5.12. The SMILES string of the molecule is CCCc1nc2n(c1C(=O)N(CCC)Cc1cccc(F)c1)CCN2C1=C(C)C=C(C)CC=C1C. The van der Waals surface area contributed by atoms with Crippen molar-refractivity contribution in [3.05, 3.63) is 81.6 Å². The maximum absolute atomic E-state index is 14.0. The van der Waals surface area contributed by atoms with Crippen LogP contribution in [-0.4, -0.2) is 33.4 Å². The number of imidazole rings is 1. The van der Waals surface area contributed by atoms with Crippen LogP contribution in [0.15, 0.2) is 58.8 Å². The molecule has 0 spiro atoms. The summed E-state index contributed by atoms with van der Waals surface area (Å²) >= 11 is 0. The molecule has 6 heteroatoms. The average Bonchev–Trinajstić information content (AvgIpc) is 3.33. The average molecular weight is 477 g/mol. The first-order valence-electron chi connectivity index (χ1n) is 12.8. The van der Waals surface area contributed by atoms with Crippen LogP contribution >= 0.6 is 0 Å². The lowest BCUT2D eigenvalue weighted by molar-refractivity contribution is 0.0731. The Bertz CT molecular complexity index is 1200. The Kier molecular flexibility index (Phi) is 7.58. The molecule has 4 rings (SSSR count). The minimum atomic E-state index is -0.279. The number of benzene rings is 1. The van der Waals surface area contributed by atoms with Crippen molar-refractivity contribution in [3.8, 4) is 0 Å². The number of carbonyl (C=O) groups is 1. The molecule has 2 aliphatic rings. The van der Waals surface area contributed by atoms with Crippen LogP contribution < -0.4 is 4.90 Å². The monoisotopic (exact) mass is 476 g/mol. The van der Waals surface area contributed by atoms with Crippen LogP contribution in [0.5, 0.6) is 0 Å². The van der Waals surface area contributed by atoms with Gasteiger partial charge in [-0.15, -0.1) is 0 Å². The highest BCUT2D eigenvalue weighted by Gasteiger charge is 2.34. The standard InChI is InChI=1S/C29H37FN4O/c1-6-9-25-27(28(35)32(14-7-2)19-23-10-8-11-24(30)18-23)34-16-15-33(29(34)31-25)26-21(4)13-12-20(3)17-22(26)5/h8,10-11,13,17-18H,6-7,9,12,14-16,19H2,1-5H3. The van der Waals surface area contributed by atoms with Crippen LogP contribution in [0.25, 0.3) is 0 Å². The topological polar surface area (TPSA) is 41.4 Å². The van der Waals surface area contributed by atoms with E-state index in [1.165, 1.54) is 34.5 Å². The van der Waals surface area contributed by atoms with Crippen molar-refractivity contribution >= 4 is 11.9 Å². The van der Waals surface area contributed by atoms with Gasteiger partial charge in [-0.2, -0.15) is 0 Å². The van der Waals surface area contributed by atoms with Crippen molar-refractivity contribution in [1.82, 2.24) is 14.5 Å². The zero-order chi connectivity index (χ0) is 25.1. The summed E-state index contributed by atoms with van der Waals surface area (Å²) in [7, 11) is 0. The molecule has 35 heavy (non-hydrogen) atoms.